The van der Waals surface area contributed by atoms with Crippen LogP contribution in [-0.4, -0.2) is 38.1 Å². The first-order valence-electron chi connectivity index (χ1n) is 10.2. The van der Waals surface area contributed by atoms with Gasteiger partial charge in [0, 0.05) is 29.7 Å². The molecule has 0 radical (unpaired) electrons. The van der Waals surface area contributed by atoms with Crippen molar-refractivity contribution in [1.82, 2.24) is 19.4 Å². The van der Waals surface area contributed by atoms with Crippen LogP contribution in [0.25, 0.3) is 10.9 Å². The first-order chi connectivity index (χ1) is 13.9. The predicted octanol–water partition coefficient (Wildman–Crippen LogP) is 2.74. The maximum absolute atomic E-state index is 12.8. The average molecular weight is 396 g/mol. The molecule has 0 aliphatic carbocycles. The number of nitrogens with zero attached hydrogens (tertiary/aromatic N) is 2. The van der Waals surface area contributed by atoms with E-state index in [1.54, 1.807) is 0 Å². The Morgan fingerprint density at radius 1 is 1.21 bits per heavy atom. The number of hydrogen-bond acceptors (Lipinski definition) is 4. The quantitative estimate of drug-likeness (QED) is 0.618. The lowest BCUT2D eigenvalue weighted by atomic mass is 9.94. The van der Waals surface area contributed by atoms with Gasteiger partial charge in [-0.3, -0.25) is 19.2 Å². The number of benzene rings is 1. The summed E-state index contributed by atoms with van der Waals surface area (Å²) in [6, 6.07) is 7.63. The lowest BCUT2D eigenvalue weighted by Crippen LogP contribution is -2.40. The van der Waals surface area contributed by atoms with Crippen molar-refractivity contribution in [2.24, 2.45) is 5.92 Å². The molecule has 154 valence electrons. The number of nitrogens with one attached hydrogen (secondary N) is 2. The van der Waals surface area contributed by atoms with Crippen molar-refractivity contribution in [2.45, 2.75) is 45.7 Å². The molecule has 7 heteroatoms. The minimum absolute atomic E-state index is 0.226. The van der Waals surface area contributed by atoms with Crippen LogP contribution in [0.15, 0.2) is 33.9 Å². The molecule has 1 aliphatic heterocycles. The van der Waals surface area contributed by atoms with Gasteiger partial charge in [0.2, 0.25) is 5.88 Å². The van der Waals surface area contributed by atoms with E-state index in [1.807, 2.05) is 30.1 Å². The summed E-state index contributed by atoms with van der Waals surface area (Å²) in [6.45, 7) is 5.37. The van der Waals surface area contributed by atoms with Gasteiger partial charge in [-0.2, -0.15) is 0 Å². The van der Waals surface area contributed by atoms with E-state index >= 15 is 0 Å². The monoisotopic (exact) mass is 396 g/mol. The summed E-state index contributed by atoms with van der Waals surface area (Å²) < 4.78 is 1.30. The van der Waals surface area contributed by atoms with E-state index in [4.69, 9.17) is 0 Å². The molecule has 7 nitrogen and oxygen atoms in total. The van der Waals surface area contributed by atoms with Crippen LogP contribution in [-0.2, 0) is 13.0 Å². The number of aromatic amines is 2. The number of aromatic hydroxyl groups is 1. The van der Waals surface area contributed by atoms with Crippen molar-refractivity contribution >= 4 is 10.9 Å². The Bertz CT molecular complexity index is 1160. The SMILES string of the molecule is CC(C)CCCn1c(O)c([C@H]2c3[nH]c4ccccc4c3CCN2C)c(=O)[nH]c1=O. The summed E-state index contributed by atoms with van der Waals surface area (Å²) in [6.07, 6.45) is 2.56. The summed E-state index contributed by atoms with van der Waals surface area (Å²) in [5, 5.41) is 12.1. The lowest BCUT2D eigenvalue weighted by Gasteiger charge is -2.33. The number of H-pyrrole nitrogens is 2. The van der Waals surface area contributed by atoms with Crippen LogP contribution in [0.4, 0.5) is 0 Å². The zero-order valence-corrected chi connectivity index (χ0v) is 17.2. The van der Waals surface area contributed by atoms with Crippen molar-refractivity contribution in [2.75, 3.05) is 13.6 Å². The minimum Gasteiger partial charge on any atom is -0.494 e. The Kier molecular flexibility index (Phi) is 5.08. The van der Waals surface area contributed by atoms with Crippen LogP contribution in [0.1, 0.15) is 49.6 Å². The first-order valence-corrected chi connectivity index (χ1v) is 10.2. The van der Waals surface area contributed by atoms with E-state index in [2.05, 4.69) is 29.9 Å². The first kappa shape index (κ1) is 19.5. The van der Waals surface area contributed by atoms with Gasteiger partial charge in [0.25, 0.3) is 5.56 Å². The van der Waals surface area contributed by atoms with Crippen LogP contribution >= 0.6 is 0 Å². The van der Waals surface area contributed by atoms with Crippen LogP contribution in [0, 0.1) is 5.92 Å². The Hall–Kier alpha value is -2.80. The largest absolute Gasteiger partial charge is 0.494 e. The highest BCUT2D eigenvalue weighted by Crippen LogP contribution is 2.38. The van der Waals surface area contributed by atoms with Gasteiger partial charge in [0.1, 0.15) is 5.56 Å². The fourth-order valence-electron chi connectivity index (χ4n) is 4.41. The Morgan fingerprint density at radius 2 is 1.97 bits per heavy atom. The van der Waals surface area contributed by atoms with E-state index < -0.39 is 17.3 Å². The number of hydrogen-bond donors (Lipinski definition) is 3. The van der Waals surface area contributed by atoms with Gasteiger partial charge in [-0.1, -0.05) is 32.0 Å². The maximum atomic E-state index is 12.8. The molecule has 0 fully saturated rings. The summed E-state index contributed by atoms with van der Waals surface area (Å²) in [4.78, 5) is 33.1. The molecular weight excluding hydrogens is 368 g/mol. The molecule has 3 aromatic rings. The normalized spacial score (nSPS) is 17.2. The fraction of sp³-hybridized carbons (Fsp3) is 0.455. The van der Waals surface area contributed by atoms with Crippen molar-refractivity contribution in [3.8, 4) is 5.88 Å². The summed E-state index contributed by atoms with van der Waals surface area (Å²) >= 11 is 0. The summed E-state index contributed by atoms with van der Waals surface area (Å²) in [5.41, 5.74) is 2.22. The van der Waals surface area contributed by atoms with E-state index in [0.29, 0.717) is 12.5 Å². The van der Waals surface area contributed by atoms with Crippen molar-refractivity contribution in [3.05, 3.63) is 61.9 Å². The topological polar surface area (TPSA) is 94.1 Å². The maximum Gasteiger partial charge on any atom is 0.331 e. The number of likely N-dealkylation sites (N-methyl/N-ethyl adjacent to an activating group) is 1. The Labute approximate surface area is 169 Å². The highest BCUT2D eigenvalue weighted by molar-refractivity contribution is 5.85. The third-order valence-electron chi connectivity index (χ3n) is 5.92. The van der Waals surface area contributed by atoms with E-state index in [-0.39, 0.29) is 11.4 Å². The molecule has 1 aliphatic rings. The highest BCUT2D eigenvalue weighted by atomic mass is 16.3. The summed E-state index contributed by atoms with van der Waals surface area (Å²) in [7, 11) is 1.94. The van der Waals surface area contributed by atoms with E-state index in [0.717, 1.165) is 42.4 Å². The molecule has 0 amide bonds. The second kappa shape index (κ2) is 7.55. The molecule has 0 saturated carbocycles. The van der Waals surface area contributed by atoms with Gasteiger partial charge in [-0.15, -0.1) is 0 Å². The van der Waals surface area contributed by atoms with Gasteiger partial charge < -0.3 is 10.1 Å². The predicted molar refractivity (Wildman–Crippen MR) is 114 cm³/mol. The standard InChI is InChI=1S/C22H28N4O3/c1-13(2)7-6-11-26-21(28)17(20(27)24-22(26)29)19-18-15(10-12-25(19)3)14-8-4-5-9-16(14)23-18/h4-5,8-9,13,19,23,28H,6-7,10-12H2,1-3H3,(H,24,27,29)/t19-/m0/s1. The van der Waals surface area contributed by atoms with Gasteiger partial charge in [-0.05, 0) is 43.9 Å². The fourth-order valence-corrected chi connectivity index (χ4v) is 4.41. The van der Waals surface area contributed by atoms with Gasteiger partial charge in [-0.25, -0.2) is 4.79 Å². The molecule has 3 heterocycles. The third kappa shape index (κ3) is 3.40. The van der Waals surface area contributed by atoms with Crippen LogP contribution in [0.5, 0.6) is 5.88 Å². The molecule has 0 unspecified atom stereocenters. The molecule has 0 bridgehead atoms. The zero-order valence-electron chi connectivity index (χ0n) is 17.2. The second-order valence-electron chi connectivity index (χ2n) is 8.38. The number of para-hydroxylation sites is 1. The van der Waals surface area contributed by atoms with Crippen LogP contribution < -0.4 is 11.2 Å². The Balaban J connectivity index is 1.84. The molecule has 4 rings (SSSR count). The number of aromatic nitrogens is 3. The third-order valence-corrected chi connectivity index (χ3v) is 5.92. The highest BCUT2D eigenvalue weighted by Gasteiger charge is 2.34. The van der Waals surface area contributed by atoms with E-state index in [9.17, 15) is 14.7 Å². The zero-order chi connectivity index (χ0) is 20.7. The van der Waals surface area contributed by atoms with Crippen molar-refractivity contribution < 1.29 is 5.11 Å². The lowest BCUT2D eigenvalue weighted by molar-refractivity contribution is 0.249. The van der Waals surface area contributed by atoms with Gasteiger partial charge in [0.15, 0.2) is 0 Å². The van der Waals surface area contributed by atoms with Crippen molar-refractivity contribution in [3.63, 3.8) is 0 Å². The second-order valence-corrected chi connectivity index (χ2v) is 8.38. The molecular formula is C22H28N4O3. The summed E-state index contributed by atoms with van der Waals surface area (Å²) in [5.74, 6) is 0.277. The molecule has 0 spiro atoms. The Morgan fingerprint density at radius 3 is 2.72 bits per heavy atom. The smallest absolute Gasteiger partial charge is 0.331 e. The molecule has 3 N–H and O–H groups in total. The average Bonchev–Trinajstić information content (AvgIpc) is 3.04. The van der Waals surface area contributed by atoms with Crippen LogP contribution in [0.2, 0.25) is 0 Å². The van der Waals surface area contributed by atoms with Crippen LogP contribution in [0.3, 0.4) is 0 Å². The molecule has 1 aromatic carbocycles. The number of fused-ring (bicyclic) bond motifs is 3. The van der Waals surface area contributed by atoms with E-state index in [1.165, 1.54) is 10.1 Å². The minimum atomic E-state index is -0.560. The van der Waals surface area contributed by atoms with Gasteiger partial charge in [0.05, 0.1) is 6.04 Å². The number of rotatable bonds is 5. The molecule has 2 aromatic heterocycles. The molecule has 0 saturated heterocycles. The van der Waals surface area contributed by atoms with Crippen molar-refractivity contribution in [1.29, 1.82) is 0 Å². The molecule has 29 heavy (non-hydrogen) atoms. The van der Waals surface area contributed by atoms with Gasteiger partial charge >= 0.3 is 5.69 Å². The molecule has 1 atom stereocenters.